The molecule has 7 heteroatoms. The molecule has 0 radical (unpaired) electrons. The van der Waals surface area contributed by atoms with Gasteiger partial charge < -0.3 is 4.52 Å². The van der Waals surface area contributed by atoms with E-state index in [4.69, 9.17) is 61.8 Å². The van der Waals surface area contributed by atoms with Crippen LogP contribution in [0.25, 0.3) is 0 Å². The Kier molecular flexibility index (Phi) is 5.64. The van der Waals surface area contributed by atoms with Gasteiger partial charge in [-0.1, -0.05) is 34.8 Å². The first-order valence-corrected chi connectivity index (χ1v) is 6.39. The van der Waals surface area contributed by atoms with Crippen molar-refractivity contribution in [1.82, 2.24) is 0 Å². The molecule has 1 atom stereocenters. The van der Waals surface area contributed by atoms with Gasteiger partial charge in [-0.05, 0) is 29.4 Å². The summed E-state index contributed by atoms with van der Waals surface area (Å²) in [6.45, 7) is 0.0634. The number of rotatable bonds is 2. The van der Waals surface area contributed by atoms with Gasteiger partial charge in [0.2, 0.25) is 10.6 Å². The SMILES string of the molecule is CC(OP(Cl)Cl)C(Cl)(Cl)Cl. The Morgan fingerprint density at radius 2 is 1.70 bits per heavy atom. The summed E-state index contributed by atoms with van der Waals surface area (Å²) in [7, 11) is 0. The first kappa shape index (κ1) is 11.8. The highest BCUT2D eigenvalue weighted by molar-refractivity contribution is 8.00. The normalized spacial score (nSPS) is 15.9. The van der Waals surface area contributed by atoms with Crippen molar-refractivity contribution in [2.24, 2.45) is 0 Å². The maximum absolute atomic E-state index is 5.43. The lowest BCUT2D eigenvalue weighted by Gasteiger charge is -2.19. The minimum absolute atomic E-state index is 0.599. The van der Waals surface area contributed by atoms with E-state index in [0.717, 1.165) is 0 Å². The smallest absolute Gasteiger partial charge is 0.225 e. The Morgan fingerprint density at radius 1 is 1.30 bits per heavy atom. The van der Waals surface area contributed by atoms with Crippen LogP contribution < -0.4 is 0 Å². The summed E-state index contributed by atoms with van der Waals surface area (Å²) in [5.41, 5.74) is 0. The van der Waals surface area contributed by atoms with E-state index >= 15 is 0 Å². The van der Waals surface area contributed by atoms with Crippen molar-refractivity contribution >= 4 is 64.1 Å². The predicted octanol–water partition coefficient (Wildman–Crippen LogP) is 4.47. The average Bonchev–Trinajstić information content (AvgIpc) is 1.60. The van der Waals surface area contributed by atoms with Crippen LogP contribution in [0, 0.1) is 0 Å². The molecule has 0 aliphatic carbocycles. The second kappa shape index (κ2) is 4.77. The van der Waals surface area contributed by atoms with E-state index in [1.54, 1.807) is 6.92 Å². The fourth-order valence-electron chi connectivity index (χ4n) is 0.179. The molecule has 0 fully saturated rings. The highest BCUT2D eigenvalue weighted by atomic mass is 35.9. The van der Waals surface area contributed by atoms with Crippen molar-refractivity contribution in [3.8, 4) is 0 Å². The zero-order valence-corrected chi connectivity index (χ0v) is 9.50. The topological polar surface area (TPSA) is 9.23 Å². The molecule has 1 nitrogen and oxygen atoms in total. The second-order valence-corrected chi connectivity index (χ2v) is 6.84. The monoisotopic (exact) mass is 262 g/mol. The van der Waals surface area contributed by atoms with Crippen LogP contribution in [-0.4, -0.2) is 9.90 Å². The molecule has 0 N–H and O–H groups in total. The van der Waals surface area contributed by atoms with Crippen LogP contribution in [0.3, 0.4) is 0 Å². The second-order valence-electron chi connectivity index (χ2n) is 1.49. The van der Waals surface area contributed by atoms with Crippen molar-refractivity contribution in [1.29, 1.82) is 0 Å². The zero-order chi connectivity index (χ0) is 8.36. The van der Waals surface area contributed by atoms with Gasteiger partial charge in [0.1, 0.15) is 6.10 Å². The van der Waals surface area contributed by atoms with Gasteiger partial charge in [-0.2, -0.15) is 0 Å². The van der Waals surface area contributed by atoms with Gasteiger partial charge in [0.15, 0.2) is 0 Å². The van der Waals surface area contributed by atoms with Crippen molar-refractivity contribution in [2.75, 3.05) is 0 Å². The third-order valence-corrected chi connectivity index (χ3v) is 2.57. The third kappa shape index (κ3) is 5.49. The molecular weight excluding hydrogens is 260 g/mol. The highest BCUT2D eigenvalue weighted by Gasteiger charge is 2.31. The Labute approximate surface area is 85.3 Å². The average molecular weight is 264 g/mol. The predicted molar refractivity (Wildman–Crippen MR) is 49.5 cm³/mol. The van der Waals surface area contributed by atoms with Crippen LogP contribution in [0.2, 0.25) is 0 Å². The molecule has 0 aromatic carbocycles. The molecule has 0 heterocycles. The minimum Gasteiger partial charge on any atom is -0.324 e. The minimum atomic E-state index is -1.51. The molecule has 0 bridgehead atoms. The summed E-state index contributed by atoms with van der Waals surface area (Å²) in [6, 6.07) is 0. The summed E-state index contributed by atoms with van der Waals surface area (Å²) >= 11 is 26.9. The summed E-state index contributed by atoms with van der Waals surface area (Å²) in [4.78, 5) is 0. The van der Waals surface area contributed by atoms with Crippen molar-refractivity contribution in [2.45, 2.75) is 16.8 Å². The lowest BCUT2D eigenvalue weighted by atomic mass is 10.5. The molecule has 62 valence electrons. The van der Waals surface area contributed by atoms with Crippen LogP contribution in [0.1, 0.15) is 6.92 Å². The number of hydrogen-bond donors (Lipinski definition) is 0. The standard InChI is InChI=1S/C3H4Cl5OP/c1-2(3(4,5)6)9-10(7)8/h2H,1H3. The molecule has 0 saturated carbocycles. The number of hydrogen-bond acceptors (Lipinski definition) is 1. The molecule has 0 spiro atoms. The molecule has 1 unspecified atom stereocenters. The molecule has 0 amide bonds. The van der Waals surface area contributed by atoms with Crippen LogP contribution in [0.5, 0.6) is 0 Å². The Hall–Kier alpha value is 1.84. The molecule has 0 rings (SSSR count). The molecule has 0 aliphatic heterocycles. The lowest BCUT2D eigenvalue weighted by Crippen LogP contribution is -2.22. The van der Waals surface area contributed by atoms with Crippen molar-refractivity contribution in [3.05, 3.63) is 0 Å². The third-order valence-electron chi connectivity index (χ3n) is 0.699. The quantitative estimate of drug-likeness (QED) is 0.528. The lowest BCUT2D eigenvalue weighted by molar-refractivity contribution is 0.263. The van der Waals surface area contributed by atoms with E-state index in [1.807, 2.05) is 0 Å². The Balaban J connectivity index is 3.73. The van der Waals surface area contributed by atoms with Gasteiger partial charge in [0.05, 0.1) is 0 Å². The van der Waals surface area contributed by atoms with Crippen molar-refractivity contribution < 1.29 is 4.52 Å². The summed E-state index contributed by atoms with van der Waals surface area (Å²) < 4.78 is 3.35. The van der Waals surface area contributed by atoms with Crippen LogP contribution >= 0.6 is 64.1 Å². The molecular formula is C3H4Cl5OP. The van der Waals surface area contributed by atoms with E-state index in [2.05, 4.69) is 0 Å². The maximum Gasteiger partial charge on any atom is 0.225 e. The van der Waals surface area contributed by atoms with Gasteiger partial charge in [-0.25, -0.2) is 0 Å². The van der Waals surface area contributed by atoms with E-state index in [-0.39, 0.29) is 0 Å². The summed E-state index contributed by atoms with van der Waals surface area (Å²) in [5.74, 6) is 0. The van der Waals surface area contributed by atoms with Gasteiger partial charge in [-0.15, -0.1) is 0 Å². The van der Waals surface area contributed by atoms with Crippen molar-refractivity contribution in [3.63, 3.8) is 0 Å². The summed E-state index contributed by atoms with van der Waals surface area (Å²) in [6.07, 6.45) is -0.599. The molecule has 0 aromatic rings. The van der Waals surface area contributed by atoms with E-state index in [1.165, 1.54) is 0 Å². The number of halogens is 5. The van der Waals surface area contributed by atoms with E-state index in [0.29, 0.717) is 0 Å². The van der Waals surface area contributed by atoms with Crippen LogP contribution in [-0.2, 0) is 4.52 Å². The molecule has 0 aromatic heterocycles. The van der Waals surface area contributed by atoms with E-state index in [9.17, 15) is 0 Å². The molecule has 0 aliphatic rings. The van der Waals surface area contributed by atoms with Gasteiger partial charge >= 0.3 is 0 Å². The fourth-order valence-corrected chi connectivity index (χ4v) is 1.61. The largest absolute Gasteiger partial charge is 0.324 e. The molecule has 10 heavy (non-hydrogen) atoms. The van der Waals surface area contributed by atoms with E-state index < -0.39 is 16.8 Å². The first-order chi connectivity index (χ1) is 4.34. The first-order valence-electron chi connectivity index (χ1n) is 2.19. The van der Waals surface area contributed by atoms with Crippen LogP contribution in [0.4, 0.5) is 0 Å². The highest BCUT2D eigenvalue weighted by Crippen LogP contribution is 2.51. The van der Waals surface area contributed by atoms with Crippen LogP contribution in [0.15, 0.2) is 0 Å². The fraction of sp³-hybridized carbons (Fsp3) is 1.00. The summed E-state index contributed by atoms with van der Waals surface area (Å²) in [5, 5.41) is 0. The Morgan fingerprint density at radius 3 is 1.80 bits per heavy atom. The van der Waals surface area contributed by atoms with Gasteiger partial charge in [-0.3, -0.25) is 0 Å². The molecule has 0 saturated heterocycles. The van der Waals surface area contributed by atoms with Gasteiger partial charge in [0.25, 0.3) is 0 Å². The Bertz CT molecular complexity index is 102. The maximum atomic E-state index is 5.43. The van der Waals surface area contributed by atoms with Gasteiger partial charge in [0, 0.05) is 0 Å². The number of alkyl halides is 3. The zero-order valence-electron chi connectivity index (χ0n) is 4.82.